The smallest absolute Gasteiger partial charge is 0.320 e. The molecule has 3 aromatic rings. The summed E-state index contributed by atoms with van der Waals surface area (Å²) in [5.41, 5.74) is -1.91. The van der Waals surface area contributed by atoms with Crippen LogP contribution in [0, 0.1) is 0 Å². The summed E-state index contributed by atoms with van der Waals surface area (Å²) >= 11 is 18.2. The summed E-state index contributed by atoms with van der Waals surface area (Å²) < 4.78 is 38.6. The first-order valence-electron chi connectivity index (χ1n) is 8.26. The van der Waals surface area contributed by atoms with E-state index in [1.165, 1.54) is 12.1 Å². The first-order valence-corrected chi connectivity index (χ1v) is 11.0. The third kappa shape index (κ3) is 4.83. The quantitative estimate of drug-likeness (QED) is 0.303. The van der Waals surface area contributed by atoms with Gasteiger partial charge in [0.2, 0.25) is 0 Å². The van der Waals surface area contributed by atoms with Crippen molar-refractivity contribution in [2.45, 2.75) is 12.1 Å². The molecule has 0 radical (unpaired) electrons. The summed E-state index contributed by atoms with van der Waals surface area (Å²) in [7, 11) is -5.60. The van der Waals surface area contributed by atoms with Gasteiger partial charge in [0, 0.05) is 10.6 Å². The van der Waals surface area contributed by atoms with Crippen molar-refractivity contribution >= 4 is 42.4 Å². The summed E-state index contributed by atoms with van der Waals surface area (Å²) in [6.45, 7) is 0. The lowest BCUT2D eigenvalue weighted by Gasteiger charge is -2.18. The Labute approximate surface area is 181 Å². The Morgan fingerprint density at radius 1 is 0.828 bits per heavy atom. The Hall–Kier alpha value is -1.46. The molecule has 3 nitrogen and oxygen atoms in total. The van der Waals surface area contributed by atoms with Crippen molar-refractivity contribution in [3.05, 3.63) is 92.4 Å². The molecule has 0 fully saturated rings. The Morgan fingerprint density at radius 3 is 2.07 bits per heavy atom. The zero-order valence-corrected chi connectivity index (χ0v) is 17.8. The molecule has 0 saturated carbocycles. The van der Waals surface area contributed by atoms with Crippen LogP contribution in [0.5, 0.6) is 0 Å². The zero-order chi connectivity index (χ0) is 21.4. The number of halogens is 5. The monoisotopic (exact) mass is 476 g/mol. The molecule has 0 spiro atoms. The Balaban J connectivity index is 1.89. The number of alkyl halides is 2. The summed E-state index contributed by atoms with van der Waals surface area (Å²) in [5, 5.41) is 1.24. The Morgan fingerprint density at radius 2 is 1.45 bits per heavy atom. The van der Waals surface area contributed by atoms with Crippen LogP contribution in [0.3, 0.4) is 0 Å². The number of benzene rings is 3. The minimum atomic E-state index is -5.60. The molecule has 0 saturated heterocycles. The van der Waals surface area contributed by atoms with E-state index in [9.17, 15) is 13.3 Å². The second-order valence-electron chi connectivity index (χ2n) is 6.40. The van der Waals surface area contributed by atoms with E-state index in [-0.39, 0.29) is 0 Å². The first kappa shape index (κ1) is 22.2. The second-order valence-corrected chi connectivity index (χ2v) is 9.27. The van der Waals surface area contributed by atoms with Gasteiger partial charge in [-0.3, -0.25) is 4.57 Å². The van der Waals surface area contributed by atoms with Crippen molar-refractivity contribution in [3.8, 4) is 11.1 Å². The van der Waals surface area contributed by atoms with E-state index in [1.54, 1.807) is 18.2 Å². The highest BCUT2D eigenvalue weighted by Crippen LogP contribution is 2.59. The van der Waals surface area contributed by atoms with Gasteiger partial charge in [-0.1, -0.05) is 83.3 Å². The third-order valence-corrected chi connectivity index (χ3v) is 6.41. The van der Waals surface area contributed by atoms with Crippen LogP contribution in [-0.2, 0) is 16.6 Å². The molecule has 9 heteroatoms. The van der Waals surface area contributed by atoms with Crippen LogP contribution in [0.15, 0.2) is 60.7 Å². The van der Waals surface area contributed by atoms with Gasteiger partial charge in [-0.15, -0.1) is 0 Å². The highest BCUT2D eigenvalue weighted by molar-refractivity contribution is 7.52. The minimum absolute atomic E-state index is 0.362. The van der Waals surface area contributed by atoms with Gasteiger partial charge in [0.1, 0.15) is 0 Å². The van der Waals surface area contributed by atoms with Gasteiger partial charge in [-0.2, -0.15) is 8.78 Å². The topological polar surface area (TPSA) is 57.5 Å². The molecule has 0 bridgehead atoms. The highest BCUT2D eigenvalue weighted by Gasteiger charge is 2.50. The predicted octanol–water partition coefficient (Wildman–Crippen LogP) is 7.13. The van der Waals surface area contributed by atoms with Gasteiger partial charge in [-0.25, -0.2) is 0 Å². The largest absolute Gasteiger partial charge is 0.399 e. The molecule has 0 heterocycles. The molecular formula is C20H14Cl3F2O3P. The van der Waals surface area contributed by atoms with Crippen molar-refractivity contribution < 1.29 is 23.1 Å². The fourth-order valence-corrected chi connectivity index (χ4v) is 3.93. The summed E-state index contributed by atoms with van der Waals surface area (Å²) in [6.07, 6.45) is 0.484. The molecule has 3 aromatic carbocycles. The zero-order valence-electron chi connectivity index (χ0n) is 14.6. The predicted molar refractivity (Wildman–Crippen MR) is 112 cm³/mol. The van der Waals surface area contributed by atoms with Gasteiger partial charge in [0.05, 0.1) is 10.0 Å². The molecule has 0 aliphatic rings. The van der Waals surface area contributed by atoms with Crippen LogP contribution in [0.2, 0.25) is 15.1 Å². The number of hydrogen-bond donors (Lipinski definition) is 2. The van der Waals surface area contributed by atoms with Crippen molar-refractivity contribution in [2.75, 3.05) is 0 Å². The molecule has 0 aliphatic carbocycles. The maximum absolute atomic E-state index is 13.8. The van der Waals surface area contributed by atoms with E-state index in [2.05, 4.69) is 0 Å². The van der Waals surface area contributed by atoms with Crippen LogP contribution in [-0.4, -0.2) is 9.79 Å². The second kappa shape index (κ2) is 8.35. The highest BCUT2D eigenvalue weighted by atomic mass is 35.5. The van der Waals surface area contributed by atoms with Crippen molar-refractivity contribution in [1.29, 1.82) is 0 Å². The van der Waals surface area contributed by atoms with Crippen molar-refractivity contribution in [2.24, 2.45) is 0 Å². The molecule has 2 N–H and O–H groups in total. The van der Waals surface area contributed by atoms with E-state index in [4.69, 9.17) is 44.6 Å². The average Bonchev–Trinajstić information content (AvgIpc) is 2.65. The van der Waals surface area contributed by atoms with Gasteiger partial charge in [0.15, 0.2) is 0 Å². The van der Waals surface area contributed by atoms with E-state index < -0.39 is 18.8 Å². The third-order valence-electron chi connectivity index (χ3n) is 4.34. The average molecular weight is 478 g/mol. The first-order chi connectivity index (χ1) is 13.5. The maximum atomic E-state index is 13.8. The van der Waals surface area contributed by atoms with Crippen LogP contribution >= 0.6 is 42.4 Å². The van der Waals surface area contributed by atoms with E-state index in [0.717, 1.165) is 28.8 Å². The van der Waals surface area contributed by atoms with E-state index >= 15 is 0 Å². The fraction of sp³-hybridized carbons (Fsp3) is 0.100. The van der Waals surface area contributed by atoms with Crippen LogP contribution in [0.1, 0.15) is 16.7 Å². The lowest BCUT2D eigenvalue weighted by Crippen LogP contribution is -2.13. The Bertz CT molecular complexity index is 1100. The van der Waals surface area contributed by atoms with Gasteiger partial charge in [-0.05, 0) is 40.8 Å². The molecular weight excluding hydrogens is 464 g/mol. The van der Waals surface area contributed by atoms with Gasteiger partial charge >= 0.3 is 13.3 Å². The van der Waals surface area contributed by atoms with Crippen molar-refractivity contribution in [1.82, 2.24) is 0 Å². The minimum Gasteiger partial charge on any atom is -0.320 e. The molecule has 0 amide bonds. The maximum Gasteiger partial charge on any atom is 0.399 e. The van der Waals surface area contributed by atoms with E-state index in [0.29, 0.717) is 27.1 Å². The standard InChI is InChI=1S/C20H14Cl3F2O3P/c21-17-11-19(23)18(22)10-15(17)9-12-2-1-3-14(8-12)13-4-6-16(7-5-13)20(24,25)29(26,27)28/h1-8,10-11H,9H2,(H2,26,27,28). The lowest BCUT2D eigenvalue weighted by atomic mass is 9.98. The molecule has 0 aromatic heterocycles. The van der Waals surface area contributed by atoms with E-state index in [1.807, 2.05) is 18.2 Å². The normalized spacial score (nSPS) is 12.2. The fourth-order valence-electron chi connectivity index (χ4n) is 2.81. The summed E-state index contributed by atoms with van der Waals surface area (Å²) in [4.78, 5) is 17.7. The van der Waals surface area contributed by atoms with Crippen LogP contribution in [0.4, 0.5) is 8.78 Å². The van der Waals surface area contributed by atoms with Crippen LogP contribution < -0.4 is 0 Å². The number of hydrogen-bond acceptors (Lipinski definition) is 1. The SMILES string of the molecule is O=P(O)(O)C(F)(F)c1ccc(-c2cccc(Cc3cc(Cl)c(Cl)cc3Cl)c2)cc1. The Kier molecular flexibility index (Phi) is 6.40. The molecule has 29 heavy (non-hydrogen) atoms. The van der Waals surface area contributed by atoms with Gasteiger partial charge < -0.3 is 9.79 Å². The molecule has 0 aliphatic heterocycles. The lowest BCUT2D eigenvalue weighted by molar-refractivity contribution is 0.0564. The summed E-state index contributed by atoms with van der Waals surface area (Å²) in [6, 6.07) is 15.4. The number of rotatable bonds is 5. The van der Waals surface area contributed by atoms with Crippen LogP contribution in [0.25, 0.3) is 11.1 Å². The van der Waals surface area contributed by atoms with Crippen molar-refractivity contribution in [3.63, 3.8) is 0 Å². The van der Waals surface area contributed by atoms with Gasteiger partial charge in [0.25, 0.3) is 0 Å². The molecule has 3 rings (SSSR count). The molecule has 0 atom stereocenters. The summed E-state index contributed by atoms with van der Waals surface area (Å²) in [5.74, 6) is 0. The molecule has 0 unspecified atom stereocenters. The molecule has 152 valence electrons.